The molecule has 1 aliphatic heterocycles. The van der Waals surface area contributed by atoms with E-state index in [0.717, 1.165) is 31.2 Å². The van der Waals surface area contributed by atoms with Crippen LogP contribution in [0.3, 0.4) is 0 Å². The molecule has 1 heterocycles. The molecule has 1 aliphatic carbocycles. The van der Waals surface area contributed by atoms with E-state index in [2.05, 4.69) is 6.92 Å². The fourth-order valence-corrected chi connectivity index (χ4v) is 5.08. The van der Waals surface area contributed by atoms with Gasteiger partial charge >= 0.3 is 0 Å². The van der Waals surface area contributed by atoms with Gasteiger partial charge in [-0.2, -0.15) is 4.31 Å². The van der Waals surface area contributed by atoms with Crippen molar-refractivity contribution in [1.29, 1.82) is 0 Å². The fourth-order valence-electron chi connectivity index (χ4n) is 3.56. The molecule has 1 atom stereocenters. The number of carbonyl (C=O) groups excluding carboxylic acids is 1. The Morgan fingerprint density at radius 3 is 2.26 bits per heavy atom. The molecule has 0 spiro atoms. The van der Waals surface area contributed by atoms with Crippen LogP contribution in [-0.4, -0.2) is 49.7 Å². The first-order valence-corrected chi connectivity index (χ1v) is 11.4. The predicted octanol–water partition coefficient (Wildman–Crippen LogP) is 3.52. The minimum atomic E-state index is -3.43. The lowest BCUT2D eigenvalue weighted by Crippen LogP contribution is -2.35. The van der Waals surface area contributed by atoms with Crippen LogP contribution in [-0.2, 0) is 14.8 Å². The number of nitrogens with zero attached hydrogens (tertiary/aromatic N) is 2. The van der Waals surface area contributed by atoms with Crippen molar-refractivity contribution in [2.45, 2.75) is 56.4 Å². The number of likely N-dealkylation sites (N-methyl/N-ethyl adjacent to an activating group) is 1. The number of carbonyl (C=O) groups is 1. The number of hydrogen-bond acceptors (Lipinski definition) is 3. The lowest BCUT2D eigenvalue weighted by molar-refractivity contribution is -0.126. The Morgan fingerprint density at radius 2 is 1.70 bits per heavy atom. The molecule has 1 aromatic rings. The van der Waals surface area contributed by atoms with Crippen molar-refractivity contribution >= 4 is 22.0 Å². The van der Waals surface area contributed by atoms with Gasteiger partial charge in [-0.3, -0.25) is 4.79 Å². The summed E-state index contributed by atoms with van der Waals surface area (Å²) in [6.45, 7) is 3.29. The number of amides is 1. The highest BCUT2D eigenvalue weighted by atomic mass is 32.2. The van der Waals surface area contributed by atoms with E-state index in [4.69, 9.17) is 0 Å². The highest BCUT2D eigenvalue weighted by Crippen LogP contribution is 2.34. The third-order valence-electron chi connectivity index (χ3n) is 5.76. The van der Waals surface area contributed by atoms with Gasteiger partial charge in [0.1, 0.15) is 0 Å². The van der Waals surface area contributed by atoms with Crippen molar-refractivity contribution in [3.63, 3.8) is 0 Å². The highest BCUT2D eigenvalue weighted by Gasteiger charge is 2.31. The highest BCUT2D eigenvalue weighted by molar-refractivity contribution is 7.89. The molecule has 5 nitrogen and oxygen atoms in total. The minimum Gasteiger partial charge on any atom is -0.339 e. The molecular weight excluding hydrogens is 360 g/mol. The minimum absolute atomic E-state index is 0.0179. The maximum Gasteiger partial charge on any atom is 0.246 e. The zero-order valence-corrected chi connectivity index (χ0v) is 17.1. The lowest BCUT2D eigenvalue weighted by Gasteiger charge is -2.23. The maximum absolute atomic E-state index is 12.8. The Bertz CT molecular complexity index is 774. The summed E-state index contributed by atoms with van der Waals surface area (Å²) in [5, 5.41) is 0. The van der Waals surface area contributed by atoms with Crippen LogP contribution in [0.1, 0.15) is 51.0 Å². The Morgan fingerprint density at radius 1 is 1.11 bits per heavy atom. The number of hydrogen-bond donors (Lipinski definition) is 0. The molecule has 0 aromatic heterocycles. The second-order valence-corrected chi connectivity index (χ2v) is 9.69. The van der Waals surface area contributed by atoms with Crippen LogP contribution in [0.2, 0.25) is 0 Å². The Kier molecular flexibility index (Phi) is 6.37. The molecule has 2 fully saturated rings. The first-order chi connectivity index (χ1) is 12.9. The third-order valence-corrected chi connectivity index (χ3v) is 7.68. The van der Waals surface area contributed by atoms with Crippen molar-refractivity contribution in [2.24, 2.45) is 5.92 Å². The summed E-state index contributed by atoms with van der Waals surface area (Å²) in [6.07, 6.45) is 9.77. The summed E-state index contributed by atoms with van der Waals surface area (Å²) < 4.78 is 27.2. The molecule has 1 amide bonds. The number of sulfonamides is 1. The van der Waals surface area contributed by atoms with Crippen molar-refractivity contribution in [3.8, 4) is 0 Å². The molecule has 27 heavy (non-hydrogen) atoms. The standard InChI is InChI=1S/C21H30N2O3S/c1-17(19-10-11-19)22(2)21(24)14-9-18-7-12-20(13-8-18)27(25,26)23-15-5-3-4-6-16-23/h7-9,12-14,17,19H,3-6,10-11,15-16H2,1-2H3/b14-9+. The van der Waals surface area contributed by atoms with E-state index in [9.17, 15) is 13.2 Å². The summed E-state index contributed by atoms with van der Waals surface area (Å²) in [5.74, 6) is 0.617. The van der Waals surface area contributed by atoms with E-state index in [1.807, 2.05) is 7.05 Å². The molecule has 2 aliphatic rings. The molecule has 0 bridgehead atoms. The van der Waals surface area contributed by atoms with Crippen molar-refractivity contribution in [1.82, 2.24) is 9.21 Å². The fraction of sp³-hybridized carbons (Fsp3) is 0.571. The van der Waals surface area contributed by atoms with Crippen molar-refractivity contribution < 1.29 is 13.2 Å². The van der Waals surface area contributed by atoms with Gasteiger partial charge in [0.05, 0.1) is 4.90 Å². The van der Waals surface area contributed by atoms with E-state index in [-0.39, 0.29) is 11.9 Å². The third kappa shape index (κ3) is 4.99. The van der Waals surface area contributed by atoms with Crippen LogP contribution in [0, 0.1) is 5.92 Å². The summed E-state index contributed by atoms with van der Waals surface area (Å²) in [5.41, 5.74) is 0.825. The molecule has 148 valence electrons. The predicted molar refractivity (Wildman–Crippen MR) is 108 cm³/mol. The first-order valence-electron chi connectivity index (χ1n) is 9.94. The van der Waals surface area contributed by atoms with Crippen LogP contribution < -0.4 is 0 Å². The normalized spacial score (nSPS) is 20.4. The van der Waals surface area contributed by atoms with Crippen molar-refractivity contribution in [3.05, 3.63) is 35.9 Å². The molecule has 0 radical (unpaired) electrons. The van der Waals surface area contributed by atoms with Gasteiger partial charge in [-0.05, 0) is 62.3 Å². The van der Waals surface area contributed by atoms with Gasteiger partial charge in [-0.1, -0.05) is 25.0 Å². The van der Waals surface area contributed by atoms with Crippen LogP contribution in [0.5, 0.6) is 0 Å². The SMILES string of the molecule is CC(C1CC1)N(C)C(=O)/C=C/c1ccc(S(=O)(=O)N2CCCCCC2)cc1. The van der Waals surface area contributed by atoms with Crippen LogP contribution in [0.15, 0.2) is 35.2 Å². The van der Waals surface area contributed by atoms with E-state index < -0.39 is 10.0 Å². The van der Waals surface area contributed by atoms with Crippen LogP contribution in [0.25, 0.3) is 6.08 Å². The summed E-state index contributed by atoms with van der Waals surface area (Å²) >= 11 is 0. The monoisotopic (exact) mass is 390 g/mol. The van der Waals surface area contributed by atoms with Gasteiger partial charge < -0.3 is 4.90 Å². The molecule has 1 saturated heterocycles. The maximum atomic E-state index is 12.8. The lowest BCUT2D eigenvalue weighted by atomic mass is 10.1. The second kappa shape index (κ2) is 8.57. The largest absolute Gasteiger partial charge is 0.339 e. The number of rotatable bonds is 6. The molecule has 3 rings (SSSR count). The zero-order valence-electron chi connectivity index (χ0n) is 16.3. The summed E-state index contributed by atoms with van der Waals surface area (Å²) in [7, 11) is -1.59. The van der Waals surface area contributed by atoms with E-state index >= 15 is 0 Å². The van der Waals surface area contributed by atoms with Crippen LogP contribution >= 0.6 is 0 Å². The van der Waals surface area contributed by atoms with Crippen LogP contribution in [0.4, 0.5) is 0 Å². The number of benzene rings is 1. The van der Waals surface area contributed by atoms with Gasteiger partial charge in [-0.25, -0.2) is 8.42 Å². The Balaban J connectivity index is 1.64. The average molecular weight is 391 g/mol. The summed E-state index contributed by atoms with van der Waals surface area (Å²) in [6, 6.07) is 7.07. The van der Waals surface area contributed by atoms with E-state index in [1.54, 1.807) is 45.6 Å². The molecule has 6 heteroatoms. The second-order valence-electron chi connectivity index (χ2n) is 7.75. The van der Waals surface area contributed by atoms with Gasteiger partial charge in [0.15, 0.2) is 0 Å². The molecule has 1 aromatic carbocycles. The Labute approximate surface area is 163 Å². The average Bonchev–Trinajstić information content (AvgIpc) is 3.52. The topological polar surface area (TPSA) is 57.7 Å². The Hall–Kier alpha value is -1.66. The quantitative estimate of drug-likeness (QED) is 0.698. The van der Waals surface area contributed by atoms with Gasteiger partial charge in [0, 0.05) is 32.3 Å². The van der Waals surface area contributed by atoms with Gasteiger partial charge in [-0.15, -0.1) is 0 Å². The van der Waals surface area contributed by atoms with Gasteiger partial charge in [0.25, 0.3) is 0 Å². The van der Waals surface area contributed by atoms with E-state index in [1.165, 1.54) is 12.8 Å². The van der Waals surface area contributed by atoms with Crippen molar-refractivity contribution in [2.75, 3.05) is 20.1 Å². The molecular formula is C21H30N2O3S. The van der Waals surface area contributed by atoms with E-state index in [0.29, 0.717) is 23.9 Å². The molecule has 1 unspecified atom stereocenters. The van der Waals surface area contributed by atoms with Gasteiger partial charge in [0.2, 0.25) is 15.9 Å². The smallest absolute Gasteiger partial charge is 0.246 e. The first kappa shape index (κ1) is 20.1. The molecule has 0 N–H and O–H groups in total. The summed E-state index contributed by atoms with van der Waals surface area (Å²) in [4.78, 5) is 14.4. The zero-order chi connectivity index (χ0) is 19.4. The molecule has 1 saturated carbocycles.